The van der Waals surface area contributed by atoms with Crippen LogP contribution >= 0.6 is 0 Å². The van der Waals surface area contributed by atoms with Gasteiger partial charge in [-0.3, -0.25) is 9.59 Å². The molecular formula is C13H25N3O3. The number of likely N-dealkylation sites (N-methyl/N-ethyl adjacent to an activating group) is 1. The molecule has 6 nitrogen and oxygen atoms in total. The lowest BCUT2D eigenvalue weighted by atomic mass is 10.2. The van der Waals surface area contributed by atoms with Crippen molar-refractivity contribution in [1.29, 1.82) is 0 Å². The summed E-state index contributed by atoms with van der Waals surface area (Å²) in [5.41, 5.74) is 0. The minimum absolute atomic E-state index is 0.0148. The van der Waals surface area contributed by atoms with E-state index >= 15 is 0 Å². The van der Waals surface area contributed by atoms with Crippen LogP contribution < -0.4 is 10.6 Å². The summed E-state index contributed by atoms with van der Waals surface area (Å²) >= 11 is 0. The van der Waals surface area contributed by atoms with Crippen molar-refractivity contribution in [2.45, 2.75) is 51.4 Å². The third-order valence-corrected chi connectivity index (χ3v) is 3.40. The Balaban J connectivity index is 2.19. The molecule has 1 rings (SSSR count). The molecule has 1 saturated heterocycles. The van der Waals surface area contributed by atoms with Gasteiger partial charge in [-0.2, -0.15) is 0 Å². The molecule has 0 radical (unpaired) electrons. The minimum atomic E-state index is -0.104. The highest BCUT2D eigenvalue weighted by atomic mass is 16.5. The highest BCUT2D eigenvalue weighted by Crippen LogP contribution is 2.22. The maximum Gasteiger partial charge on any atom is 0.234 e. The molecule has 0 spiro atoms. The second-order valence-corrected chi connectivity index (χ2v) is 5.09. The predicted octanol–water partition coefficient (Wildman–Crippen LogP) is 0.0840. The number of hydrogen-bond donors (Lipinski definition) is 2. The molecule has 0 aromatic rings. The number of carbonyl (C=O) groups excluding carboxylic acids is 2. The summed E-state index contributed by atoms with van der Waals surface area (Å²) in [5, 5.41) is 5.68. The molecule has 2 N–H and O–H groups in total. The summed E-state index contributed by atoms with van der Waals surface area (Å²) in [5.74, 6) is -0.0148. The van der Waals surface area contributed by atoms with E-state index in [1.807, 2.05) is 13.8 Å². The maximum absolute atomic E-state index is 11.3. The zero-order chi connectivity index (χ0) is 14.3. The third kappa shape index (κ3) is 5.16. The number of amides is 2. The molecule has 3 atom stereocenters. The monoisotopic (exact) mass is 271 g/mol. The largest absolute Gasteiger partial charge is 0.358 e. The molecule has 0 aliphatic carbocycles. The molecule has 0 aromatic carbocycles. The highest BCUT2D eigenvalue weighted by molar-refractivity contribution is 5.78. The van der Waals surface area contributed by atoms with Crippen LogP contribution in [0.2, 0.25) is 0 Å². The number of carbonyl (C=O) groups is 2. The van der Waals surface area contributed by atoms with Crippen LogP contribution in [0.5, 0.6) is 0 Å². The van der Waals surface area contributed by atoms with Crippen molar-refractivity contribution < 1.29 is 14.3 Å². The molecule has 6 heteroatoms. The summed E-state index contributed by atoms with van der Waals surface area (Å²) in [6.45, 7) is 4.84. The molecule has 3 unspecified atom stereocenters. The standard InChI is InChI=1S/C13H25N3O3/c1-10(15-12(18)8-14-3)6-7-19-13-5-4-11(2)16(13)9-17/h9-11,13-14H,4-8H2,1-3H3,(H,15,18). The van der Waals surface area contributed by atoms with Gasteiger partial charge >= 0.3 is 0 Å². The van der Waals surface area contributed by atoms with Crippen molar-refractivity contribution in [1.82, 2.24) is 15.5 Å². The minimum Gasteiger partial charge on any atom is -0.358 e. The van der Waals surface area contributed by atoms with E-state index in [0.717, 1.165) is 25.7 Å². The molecule has 0 saturated carbocycles. The van der Waals surface area contributed by atoms with E-state index in [0.29, 0.717) is 13.2 Å². The normalized spacial score (nSPS) is 24.3. The fourth-order valence-electron chi connectivity index (χ4n) is 2.25. The van der Waals surface area contributed by atoms with E-state index in [1.165, 1.54) is 0 Å². The lowest BCUT2D eigenvalue weighted by Gasteiger charge is -2.24. The van der Waals surface area contributed by atoms with E-state index in [2.05, 4.69) is 10.6 Å². The van der Waals surface area contributed by atoms with Crippen LogP contribution in [-0.2, 0) is 14.3 Å². The number of nitrogens with zero attached hydrogens (tertiary/aromatic N) is 1. The first-order chi connectivity index (χ1) is 9.08. The molecule has 1 aliphatic rings. The molecular weight excluding hydrogens is 246 g/mol. The predicted molar refractivity (Wildman–Crippen MR) is 72.5 cm³/mol. The van der Waals surface area contributed by atoms with Crippen molar-refractivity contribution in [3.05, 3.63) is 0 Å². The number of hydrogen-bond acceptors (Lipinski definition) is 4. The fourth-order valence-corrected chi connectivity index (χ4v) is 2.25. The lowest BCUT2D eigenvalue weighted by molar-refractivity contribution is -0.131. The van der Waals surface area contributed by atoms with Crippen LogP contribution in [0.1, 0.15) is 33.1 Å². The summed E-state index contributed by atoms with van der Waals surface area (Å²) in [4.78, 5) is 24.0. The molecule has 19 heavy (non-hydrogen) atoms. The Morgan fingerprint density at radius 2 is 2.26 bits per heavy atom. The van der Waals surface area contributed by atoms with Gasteiger partial charge in [0, 0.05) is 12.1 Å². The highest BCUT2D eigenvalue weighted by Gasteiger charge is 2.29. The molecule has 1 aliphatic heterocycles. The van der Waals surface area contributed by atoms with Gasteiger partial charge in [0.15, 0.2) is 0 Å². The van der Waals surface area contributed by atoms with Gasteiger partial charge in [-0.05, 0) is 40.2 Å². The van der Waals surface area contributed by atoms with Crippen LogP contribution in [0.15, 0.2) is 0 Å². The molecule has 0 bridgehead atoms. The lowest BCUT2D eigenvalue weighted by Crippen LogP contribution is -2.39. The second-order valence-electron chi connectivity index (χ2n) is 5.09. The van der Waals surface area contributed by atoms with Gasteiger partial charge in [-0.15, -0.1) is 0 Å². The van der Waals surface area contributed by atoms with Gasteiger partial charge in [0.05, 0.1) is 13.2 Å². The zero-order valence-corrected chi connectivity index (χ0v) is 12.0. The Hall–Kier alpha value is -1.14. The van der Waals surface area contributed by atoms with Gasteiger partial charge in [0.2, 0.25) is 12.3 Å². The van der Waals surface area contributed by atoms with Gasteiger partial charge in [0.25, 0.3) is 0 Å². The van der Waals surface area contributed by atoms with Gasteiger partial charge in [-0.1, -0.05) is 0 Å². The number of rotatable bonds is 8. The molecule has 110 valence electrons. The first-order valence-electron chi connectivity index (χ1n) is 6.86. The molecule has 2 amide bonds. The number of likely N-dealkylation sites (tertiary alicyclic amines) is 1. The Bertz CT molecular complexity index is 299. The van der Waals surface area contributed by atoms with E-state index in [9.17, 15) is 9.59 Å². The molecule has 1 fully saturated rings. The summed E-state index contributed by atoms with van der Waals surface area (Å²) in [6, 6.07) is 0.333. The van der Waals surface area contributed by atoms with Crippen LogP contribution in [0, 0.1) is 0 Å². The quantitative estimate of drug-likeness (QED) is 0.614. The van der Waals surface area contributed by atoms with E-state index < -0.39 is 0 Å². The average molecular weight is 271 g/mol. The Labute approximate surface area is 114 Å². The first-order valence-corrected chi connectivity index (χ1v) is 6.86. The van der Waals surface area contributed by atoms with Gasteiger partial charge < -0.3 is 20.3 Å². The Morgan fingerprint density at radius 1 is 1.53 bits per heavy atom. The van der Waals surface area contributed by atoms with Crippen LogP contribution in [0.4, 0.5) is 0 Å². The Morgan fingerprint density at radius 3 is 2.89 bits per heavy atom. The molecule has 1 heterocycles. The average Bonchev–Trinajstić information content (AvgIpc) is 2.70. The van der Waals surface area contributed by atoms with Crippen molar-refractivity contribution in [2.75, 3.05) is 20.2 Å². The van der Waals surface area contributed by atoms with Crippen LogP contribution in [0.3, 0.4) is 0 Å². The van der Waals surface area contributed by atoms with E-state index in [4.69, 9.17) is 4.74 Å². The first kappa shape index (κ1) is 15.9. The van der Waals surface area contributed by atoms with Gasteiger partial charge in [-0.25, -0.2) is 0 Å². The maximum atomic E-state index is 11.3. The van der Waals surface area contributed by atoms with Crippen molar-refractivity contribution in [2.24, 2.45) is 0 Å². The topological polar surface area (TPSA) is 70.7 Å². The summed E-state index contributed by atoms with van der Waals surface area (Å²) < 4.78 is 5.72. The molecule has 0 aromatic heterocycles. The van der Waals surface area contributed by atoms with Crippen molar-refractivity contribution in [3.8, 4) is 0 Å². The number of ether oxygens (including phenoxy) is 1. The summed E-state index contributed by atoms with van der Waals surface area (Å²) in [7, 11) is 1.74. The number of nitrogens with one attached hydrogen (secondary N) is 2. The SMILES string of the molecule is CNCC(=O)NC(C)CCOC1CCC(C)N1C=O. The van der Waals surface area contributed by atoms with Crippen LogP contribution in [-0.4, -0.2) is 55.7 Å². The van der Waals surface area contributed by atoms with Crippen molar-refractivity contribution in [3.63, 3.8) is 0 Å². The fraction of sp³-hybridized carbons (Fsp3) is 0.846. The van der Waals surface area contributed by atoms with E-state index in [1.54, 1.807) is 11.9 Å². The smallest absolute Gasteiger partial charge is 0.234 e. The zero-order valence-electron chi connectivity index (χ0n) is 12.0. The van der Waals surface area contributed by atoms with Crippen LogP contribution in [0.25, 0.3) is 0 Å². The van der Waals surface area contributed by atoms with Crippen molar-refractivity contribution >= 4 is 12.3 Å². The second kappa shape index (κ2) is 8.12. The Kier molecular flexibility index (Phi) is 6.80. The third-order valence-electron chi connectivity index (χ3n) is 3.40. The van der Waals surface area contributed by atoms with E-state index in [-0.39, 0.29) is 24.2 Å². The van der Waals surface area contributed by atoms with Gasteiger partial charge in [0.1, 0.15) is 6.23 Å². The summed E-state index contributed by atoms with van der Waals surface area (Å²) in [6.07, 6.45) is 3.37.